The average Bonchev–Trinajstić information content (AvgIpc) is 2.56. The predicted molar refractivity (Wildman–Crippen MR) is 92.0 cm³/mol. The SMILES string of the molecule is CC1CCN(c2ccc(NC(=O)c3cccc(Cl)c3)nn2)CC1. The number of piperidine rings is 1. The van der Waals surface area contributed by atoms with E-state index in [1.54, 1.807) is 30.3 Å². The molecule has 0 aliphatic carbocycles. The number of hydrogen-bond acceptors (Lipinski definition) is 4. The molecule has 0 radical (unpaired) electrons. The van der Waals surface area contributed by atoms with Crippen LogP contribution in [-0.2, 0) is 0 Å². The van der Waals surface area contributed by atoms with Gasteiger partial charge in [0.2, 0.25) is 0 Å². The van der Waals surface area contributed by atoms with Crippen LogP contribution in [0.25, 0.3) is 0 Å². The number of nitrogens with one attached hydrogen (secondary N) is 1. The summed E-state index contributed by atoms with van der Waals surface area (Å²) in [6.45, 7) is 4.28. The molecule has 2 heterocycles. The van der Waals surface area contributed by atoms with E-state index in [0.717, 1.165) is 24.8 Å². The molecule has 0 saturated carbocycles. The molecule has 0 spiro atoms. The van der Waals surface area contributed by atoms with Crippen LogP contribution in [0.2, 0.25) is 5.02 Å². The van der Waals surface area contributed by atoms with Gasteiger partial charge in [-0.25, -0.2) is 0 Å². The number of anilines is 2. The molecule has 1 aliphatic rings. The molecule has 1 aromatic heterocycles. The van der Waals surface area contributed by atoms with Gasteiger partial charge in [-0.15, -0.1) is 10.2 Å². The van der Waals surface area contributed by atoms with Gasteiger partial charge in [-0.3, -0.25) is 4.79 Å². The number of halogens is 1. The van der Waals surface area contributed by atoms with Crippen LogP contribution in [0.3, 0.4) is 0 Å². The van der Waals surface area contributed by atoms with E-state index in [4.69, 9.17) is 11.6 Å². The van der Waals surface area contributed by atoms with Crippen LogP contribution < -0.4 is 10.2 Å². The zero-order valence-corrected chi connectivity index (χ0v) is 13.8. The summed E-state index contributed by atoms with van der Waals surface area (Å²) in [5.41, 5.74) is 0.494. The lowest BCUT2D eigenvalue weighted by molar-refractivity contribution is 0.102. The first-order valence-electron chi connectivity index (χ1n) is 7.77. The van der Waals surface area contributed by atoms with E-state index < -0.39 is 0 Å². The normalized spacial score (nSPS) is 15.5. The number of rotatable bonds is 3. The van der Waals surface area contributed by atoms with Crippen molar-refractivity contribution in [1.82, 2.24) is 10.2 Å². The maximum Gasteiger partial charge on any atom is 0.256 e. The van der Waals surface area contributed by atoms with Crippen molar-refractivity contribution in [2.45, 2.75) is 19.8 Å². The summed E-state index contributed by atoms with van der Waals surface area (Å²) in [6, 6.07) is 10.5. The van der Waals surface area contributed by atoms with Crippen molar-refractivity contribution in [1.29, 1.82) is 0 Å². The molecule has 5 nitrogen and oxygen atoms in total. The van der Waals surface area contributed by atoms with E-state index in [-0.39, 0.29) is 5.91 Å². The van der Waals surface area contributed by atoms with Gasteiger partial charge in [0.1, 0.15) is 0 Å². The lowest BCUT2D eigenvalue weighted by Crippen LogP contribution is -2.33. The van der Waals surface area contributed by atoms with Gasteiger partial charge in [-0.2, -0.15) is 0 Å². The topological polar surface area (TPSA) is 58.1 Å². The van der Waals surface area contributed by atoms with Crippen LogP contribution in [0.15, 0.2) is 36.4 Å². The highest BCUT2D eigenvalue weighted by molar-refractivity contribution is 6.31. The first-order valence-corrected chi connectivity index (χ1v) is 8.15. The van der Waals surface area contributed by atoms with E-state index in [1.165, 1.54) is 12.8 Å². The third-order valence-electron chi connectivity index (χ3n) is 4.09. The molecule has 6 heteroatoms. The number of carbonyl (C=O) groups is 1. The fraction of sp³-hybridized carbons (Fsp3) is 0.353. The number of nitrogens with zero attached hydrogens (tertiary/aromatic N) is 3. The van der Waals surface area contributed by atoms with E-state index in [9.17, 15) is 4.79 Å². The summed E-state index contributed by atoms with van der Waals surface area (Å²) < 4.78 is 0. The molecule has 1 saturated heterocycles. The maximum absolute atomic E-state index is 12.1. The monoisotopic (exact) mass is 330 g/mol. The Balaban J connectivity index is 1.64. The number of amides is 1. The minimum Gasteiger partial charge on any atom is -0.355 e. The van der Waals surface area contributed by atoms with Crippen molar-refractivity contribution >= 4 is 29.1 Å². The van der Waals surface area contributed by atoms with Gasteiger partial charge in [-0.1, -0.05) is 24.6 Å². The average molecular weight is 331 g/mol. The Hall–Kier alpha value is -2.14. The standard InChI is InChI=1S/C17H19ClN4O/c1-12-7-9-22(10-8-12)16-6-5-15(20-21-16)19-17(23)13-3-2-4-14(18)11-13/h2-6,11-12H,7-10H2,1H3,(H,19,20,23). The second-order valence-corrected chi connectivity index (χ2v) is 6.35. The molecular formula is C17H19ClN4O. The van der Waals surface area contributed by atoms with Crippen molar-refractivity contribution in [3.8, 4) is 0 Å². The van der Waals surface area contributed by atoms with Crippen LogP contribution >= 0.6 is 11.6 Å². The van der Waals surface area contributed by atoms with Gasteiger partial charge in [0.15, 0.2) is 11.6 Å². The van der Waals surface area contributed by atoms with Gasteiger partial charge in [0, 0.05) is 23.7 Å². The second-order valence-electron chi connectivity index (χ2n) is 5.91. The van der Waals surface area contributed by atoms with Crippen LogP contribution in [0.1, 0.15) is 30.1 Å². The van der Waals surface area contributed by atoms with E-state index in [1.807, 2.05) is 6.07 Å². The molecule has 1 aromatic carbocycles. The van der Waals surface area contributed by atoms with Gasteiger partial charge >= 0.3 is 0 Å². The number of carbonyl (C=O) groups excluding carboxylic acids is 1. The summed E-state index contributed by atoms with van der Waals surface area (Å²) in [5.74, 6) is 1.82. The quantitative estimate of drug-likeness (QED) is 0.933. The molecular weight excluding hydrogens is 312 g/mol. The smallest absolute Gasteiger partial charge is 0.256 e. The van der Waals surface area contributed by atoms with Crippen molar-refractivity contribution in [2.75, 3.05) is 23.3 Å². The Labute approximate surface area is 140 Å². The predicted octanol–water partition coefficient (Wildman–Crippen LogP) is 3.62. The molecule has 1 amide bonds. The zero-order chi connectivity index (χ0) is 16.2. The van der Waals surface area contributed by atoms with Gasteiger partial charge in [0.25, 0.3) is 5.91 Å². The summed E-state index contributed by atoms with van der Waals surface area (Å²) in [4.78, 5) is 14.4. The fourth-order valence-corrected chi connectivity index (χ4v) is 2.81. The molecule has 0 unspecified atom stereocenters. The molecule has 120 valence electrons. The van der Waals surface area contributed by atoms with Crippen LogP contribution in [0.5, 0.6) is 0 Å². The lowest BCUT2D eigenvalue weighted by atomic mass is 9.99. The number of hydrogen-bond donors (Lipinski definition) is 1. The van der Waals surface area contributed by atoms with Gasteiger partial charge in [0.05, 0.1) is 0 Å². The van der Waals surface area contributed by atoms with E-state index >= 15 is 0 Å². The molecule has 1 aliphatic heterocycles. The highest BCUT2D eigenvalue weighted by Gasteiger charge is 2.17. The van der Waals surface area contributed by atoms with Crippen molar-refractivity contribution in [3.63, 3.8) is 0 Å². The highest BCUT2D eigenvalue weighted by Crippen LogP contribution is 2.21. The van der Waals surface area contributed by atoms with Crippen molar-refractivity contribution < 1.29 is 4.79 Å². The number of benzene rings is 1. The summed E-state index contributed by atoms with van der Waals surface area (Å²) in [7, 11) is 0. The largest absolute Gasteiger partial charge is 0.355 e. The van der Waals surface area contributed by atoms with Crippen molar-refractivity contribution in [3.05, 3.63) is 47.0 Å². The first-order chi connectivity index (χ1) is 11.1. The fourth-order valence-electron chi connectivity index (χ4n) is 2.62. The zero-order valence-electron chi connectivity index (χ0n) is 13.0. The Morgan fingerprint density at radius 2 is 2.00 bits per heavy atom. The Morgan fingerprint density at radius 1 is 1.22 bits per heavy atom. The van der Waals surface area contributed by atoms with E-state index in [0.29, 0.717) is 16.4 Å². The molecule has 23 heavy (non-hydrogen) atoms. The third kappa shape index (κ3) is 3.99. The molecule has 1 N–H and O–H groups in total. The van der Waals surface area contributed by atoms with Crippen molar-refractivity contribution in [2.24, 2.45) is 5.92 Å². The van der Waals surface area contributed by atoms with Gasteiger partial charge < -0.3 is 10.2 Å². The van der Waals surface area contributed by atoms with Crippen LogP contribution in [0, 0.1) is 5.92 Å². The Kier molecular flexibility index (Phi) is 4.76. The summed E-state index contributed by atoms with van der Waals surface area (Å²) >= 11 is 5.90. The molecule has 0 bridgehead atoms. The first kappa shape index (κ1) is 15.7. The summed E-state index contributed by atoms with van der Waals surface area (Å²) in [6.07, 6.45) is 2.35. The minimum absolute atomic E-state index is 0.249. The third-order valence-corrected chi connectivity index (χ3v) is 4.32. The minimum atomic E-state index is -0.249. The van der Waals surface area contributed by atoms with Crippen LogP contribution in [-0.4, -0.2) is 29.2 Å². The molecule has 1 fully saturated rings. The second kappa shape index (κ2) is 6.96. The Bertz CT molecular complexity index is 681. The van der Waals surface area contributed by atoms with Gasteiger partial charge in [-0.05, 0) is 49.1 Å². The molecule has 3 rings (SSSR count). The lowest BCUT2D eigenvalue weighted by Gasteiger charge is -2.30. The summed E-state index contributed by atoms with van der Waals surface area (Å²) in [5, 5.41) is 11.6. The van der Waals surface area contributed by atoms with Crippen LogP contribution in [0.4, 0.5) is 11.6 Å². The van der Waals surface area contributed by atoms with E-state index in [2.05, 4.69) is 27.3 Å². The maximum atomic E-state index is 12.1. The number of aromatic nitrogens is 2. The molecule has 0 atom stereocenters. The Morgan fingerprint density at radius 3 is 2.65 bits per heavy atom. The molecule has 2 aromatic rings. The highest BCUT2D eigenvalue weighted by atomic mass is 35.5.